The summed E-state index contributed by atoms with van der Waals surface area (Å²) in [5.74, 6) is -0.476. The minimum atomic E-state index is -0.407. The average Bonchev–Trinajstić information content (AvgIpc) is 3.00. The van der Waals surface area contributed by atoms with Crippen molar-refractivity contribution >= 4 is 17.5 Å². The lowest BCUT2D eigenvalue weighted by Crippen LogP contribution is -2.32. The van der Waals surface area contributed by atoms with Crippen molar-refractivity contribution in [2.45, 2.75) is 26.2 Å². The summed E-state index contributed by atoms with van der Waals surface area (Å²) in [6.07, 6.45) is 4.88. The number of unbranched alkanes of at least 4 members (excludes halogenated alkanes) is 1. The minimum Gasteiger partial charge on any atom is -0.479 e. The molecular formula is C18H24N4O3. The standard InChI is InChI=1S/C18H24N4O3/c1-4-5-6-13-7-9-14(10-8-13)20-16(23)11-19-17(24)15-12-22(2)21-18(15)25-3/h7-10,12H,4-6,11H2,1-3H3,(H,19,24)(H,20,23). The quantitative estimate of drug-likeness (QED) is 0.768. The highest BCUT2D eigenvalue weighted by atomic mass is 16.5. The predicted molar refractivity (Wildman–Crippen MR) is 95.8 cm³/mol. The van der Waals surface area contributed by atoms with E-state index in [1.807, 2.05) is 24.3 Å². The van der Waals surface area contributed by atoms with Crippen LogP contribution < -0.4 is 15.4 Å². The lowest BCUT2D eigenvalue weighted by molar-refractivity contribution is -0.115. The largest absolute Gasteiger partial charge is 0.479 e. The number of amides is 2. The van der Waals surface area contributed by atoms with Gasteiger partial charge in [-0.15, -0.1) is 5.10 Å². The Kier molecular flexibility index (Phi) is 6.56. The van der Waals surface area contributed by atoms with Gasteiger partial charge in [0.05, 0.1) is 13.7 Å². The average molecular weight is 344 g/mol. The molecule has 25 heavy (non-hydrogen) atoms. The number of benzene rings is 1. The first kappa shape index (κ1) is 18.5. The number of rotatable bonds is 8. The smallest absolute Gasteiger partial charge is 0.258 e. The molecule has 0 bridgehead atoms. The summed E-state index contributed by atoms with van der Waals surface area (Å²) in [5, 5.41) is 9.33. The summed E-state index contributed by atoms with van der Waals surface area (Å²) >= 11 is 0. The molecule has 0 aliphatic rings. The lowest BCUT2D eigenvalue weighted by Gasteiger charge is -2.08. The Hall–Kier alpha value is -2.83. The molecule has 2 N–H and O–H groups in total. The molecule has 2 aromatic rings. The van der Waals surface area contributed by atoms with Gasteiger partial charge in [-0.05, 0) is 30.5 Å². The number of aryl methyl sites for hydroxylation is 2. The highest BCUT2D eigenvalue weighted by Crippen LogP contribution is 2.14. The Balaban J connectivity index is 1.84. The van der Waals surface area contributed by atoms with Crippen LogP contribution in [0.25, 0.3) is 0 Å². The maximum atomic E-state index is 12.1. The molecule has 0 radical (unpaired) electrons. The van der Waals surface area contributed by atoms with Crippen molar-refractivity contribution in [1.82, 2.24) is 15.1 Å². The maximum Gasteiger partial charge on any atom is 0.258 e. The second-order valence-corrected chi connectivity index (χ2v) is 5.76. The van der Waals surface area contributed by atoms with Gasteiger partial charge in [-0.2, -0.15) is 0 Å². The van der Waals surface area contributed by atoms with Crippen LogP contribution in [0.3, 0.4) is 0 Å². The van der Waals surface area contributed by atoms with Crippen molar-refractivity contribution in [1.29, 1.82) is 0 Å². The van der Waals surface area contributed by atoms with Gasteiger partial charge in [-0.25, -0.2) is 0 Å². The number of carbonyl (C=O) groups is 2. The van der Waals surface area contributed by atoms with Gasteiger partial charge in [0.1, 0.15) is 5.56 Å². The number of aromatic nitrogens is 2. The Morgan fingerprint density at radius 3 is 2.60 bits per heavy atom. The molecule has 2 amide bonds. The molecule has 7 heteroatoms. The first-order valence-corrected chi connectivity index (χ1v) is 8.28. The molecule has 1 aromatic heterocycles. The first-order valence-electron chi connectivity index (χ1n) is 8.28. The summed E-state index contributed by atoms with van der Waals surface area (Å²) in [6.45, 7) is 2.03. The summed E-state index contributed by atoms with van der Waals surface area (Å²) in [7, 11) is 3.13. The van der Waals surface area contributed by atoms with Crippen LogP contribution in [0.4, 0.5) is 5.69 Å². The van der Waals surface area contributed by atoms with Crippen LogP contribution in [0.15, 0.2) is 30.5 Å². The van der Waals surface area contributed by atoms with Gasteiger partial charge in [0.15, 0.2) is 0 Å². The van der Waals surface area contributed by atoms with E-state index in [0.717, 1.165) is 19.3 Å². The van der Waals surface area contributed by atoms with E-state index in [4.69, 9.17) is 4.74 Å². The molecule has 1 heterocycles. The molecule has 2 rings (SSSR count). The van der Waals surface area contributed by atoms with E-state index in [-0.39, 0.29) is 23.9 Å². The van der Waals surface area contributed by atoms with Crippen LogP contribution in [-0.4, -0.2) is 35.2 Å². The third kappa shape index (κ3) is 5.34. The van der Waals surface area contributed by atoms with Gasteiger partial charge in [-0.1, -0.05) is 25.5 Å². The van der Waals surface area contributed by atoms with E-state index in [9.17, 15) is 9.59 Å². The zero-order valence-electron chi connectivity index (χ0n) is 14.8. The van der Waals surface area contributed by atoms with Crippen LogP contribution in [0.5, 0.6) is 5.88 Å². The van der Waals surface area contributed by atoms with E-state index < -0.39 is 5.91 Å². The Morgan fingerprint density at radius 1 is 1.24 bits per heavy atom. The molecule has 0 spiro atoms. The molecule has 0 saturated carbocycles. The van der Waals surface area contributed by atoms with E-state index >= 15 is 0 Å². The predicted octanol–water partition coefficient (Wildman–Crippen LogP) is 2.14. The normalized spacial score (nSPS) is 10.4. The summed E-state index contributed by atoms with van der Waals surface area (Å²) in [5.41, 5.74) is 2.24. The molecular weight excluding hydrogens is 320 g/mol. The van der Waals surface area contributed by atoms with Gasteiger partial charge >= 0.3 is 0 Å². The van der Waals surface area contributed by atoms with E-state index in [2.05, 4.69) is 22.7 Å². The molecule has 134 valence electrons. The Bertz CT molecular complexity index is 722. The fourth-order valence-corrected chi connectivity index (χ4v) is 2.37. The Labute approximate surface area is 147 Å². The van der Waals surface area contributed by atoms with Crippen molar-refractivity contribution in [3.63, 3.8) is 0 Å². The summed E-state index contributed by atoms with van der Waals surface area (Å²) in [6, 6.07) is 7.75. The van der Waals surface area contributed by atoms with Gasteiger partial charge < -0.3 is 15.4 Å². The number of hydrogen-bond donors (Lipinski definition) is 2. The van der Waals surface area contributed by atoms with Gasteiger partial charge in [0, 0.05) is 18.9 Å². The minimum absolute atomic E-state index is 0.130. The van der Waals surface area contributed by atoms with Crippen LogP contribution in [0.2, 0.25) is 0 Å². The molecule has 0 aliphatic heterocycles. The third-order valence-corrected chi connectivity index (χ3v) is 3.70. The monoisotopic (exact) mass is 344 g/mol. The zero-order chi connectivity index (χ0) is 18.2. The third-order valence-electron chi connectivity index (χ3n) is 3.70. The molecule has 0 fully saturated rings. The zero-order valence-corrected chi connectivity index (χ0v) is 14.8. The second kappa shape index (κ2) is 8.86. The SMILES string of the molecule is CCCCc1ccc(NC(=O)CNC(=O)c2cn(C)nc2OC)cc1. The van der Waals surface area contributed by atoms with Crippen LogP contribution in [0.1, 0.15) is 35.7 Å². The van der Waals surface area contributed by atoms with Gasteiger partial charge in [0.25, 0.3) is 5.91 Å². The number of methoxy groups -OCH3 is 1. The second-order valence-electron chi connectivity index (χ2n) is 5.76. The lowest BCUT2D eigenvalue weighted by atomic mass is 10.1. The van der Waals surface area contributed by atoms with Crippen LogP contribution >= 0.6 is 0 Å². The molecule has 0 aliphatic carbocycles. The van der Waals surface area contributed by atoms with E-state index in [1.165, 1.54) is 17.4 Å². The number of ether oxygens (including phenoxy) is 1. The maximum absolute atomic E-state index is 12.1. The molecule has 0 saturated heterocycles. The van der Waals surface area contributed by atoms with Crippen molar-refractivity contribution in [3.8, 4) is 5.88 Å². The van der Waals surface area contributed by atoms with Crippen LogP contribution in [-0.2, 0) is 18.3 Å². The summed E-state index contributed by atoms with van der Waals surface area (Å²) in [4.78, 5) is 24.1. The first-order chi connectivity index (χ1) is 12.0. The van der Waals surface area contributed by atoms with E-state index in [1.54, 1.807) is 13.2 Å². The van der Waals surface area contributed by atoms with Gasteiger partial charge in [-0.3, -0.25) is 14.3 Å². The van der Waals surface area contributed by atoms with Gasteiger partial charge in [0.2, 0.25) is 11.8 Å². The topological polar surface area (TPSA) is 85.3 Å². The highest BCUT2D eigenvalue weighted by molar-refractivity contribution is 6.00. The number of nitrogens with zero attached hydrogens (tertiary/aromatic N) is 2. The van der Waals surface area contributed by atoms with Crippen molar-refractivity contribution < 1.29 is 14.3 Å². The van der Waals surface area contributed by atoms with Crippen LogP contribution in [0, 0.1) is 0 Å². The van der Waals surface area contributed by atoms with E-state index in [0.29, 0.717) is 5.69 Å². The van der Waals surface area contributed by atoms with Crippen molar-refractivity contribution in [2.24, 2.45) is 7.05 Å². The fourth-order valence-electron chi connectivity index (χ4n) is 2.37. The number of carbonyl (C=O) groups excluding carboxylic acids is 2. The van der Waals surface area contributed by atoms with Crippen molar-refractivity contribution in [2.75, 3.05) is 19.0 Å². The number of hydrogen-bond acceptors (Lipinski definition) is 4. The number of nitrogens with one attached hydrogen (secondary N) is 2. The molecule has 0 unspecified atom stereocenters. The number of anilines is 1. The fraction of sp³-hybridized carbons (Fsp3) is 0.389. The Morgan fingerprint density at radius 2 is 1.96 bits per heavy atom. The van der Waals surface area contributed by atoms with Crippen molar-refractivity contribution in [3.05, 3.63) is 41.6 Å². The molecule has 0 atom stereocenters. The molecule has 1 aromatic carbocycles. The summed E-state index contributed by atoms with van der Waals surface area (Å²) < 4.78 is 6.52. The molecule has 7 nitrogen and oxygen atoms in total. The highest BCUT2D eigenvalue weighted by Gasteiger charge is 2.16.